The van der Waals surface area contributed by atoms with E-state index in [9.17, 15) is 5.11 Å². The third-order valence-corrected chi connectivity index (χ3v) is 4.67. The highest BCUT2D eigenvalue weighted by Crippen LogP contribution is 2.40. The summed E-state index contributed by atoms with van der Waals surface area (Å²) in [4.78, 5) is 0. The molecular weight excluding hydrogens is 278 g/mol. The van der Waals surface area contributed by atoms with Gasteiger partial charge < -0.3 is 10.8 Å². The lowest BCUT2D eigenvalue weighted by molar-refractivity contribution is 0.134. The number of fused-ring (bicyclic) bond motifs is 1. The lowest BCUT2D eigenvalue weighted by atomic mass is 9.66. The normalized spacial score (nSPS) is 25.4. The van der Waals surface area contributed by atoms with Crippen LogP contribution in [-0.4, -0.2) is 17.8 Å². The fourth-order valence-corrected chi connectivity index (χ4v) is 3.31. The molecule has 2 rings (SSSR count). The van der Waals surface area contributed by atoms with Crippen molar-refractivity contribution in [1.82, 2.24) is 0 Å². The third-order valence-electron chi connectivity index (χ3n) is 4.18. The van der Waals surface area contributed by atoms with Gasteiger partial charge in [0.15, 0.2) is 0 Å². The number of hydrogen-bond acceptors (Lipinski definition) is 2. The van der Waals surface area contributed by atoms with Crippen molar-refractivity contribution in [2.75, 3.05) is 6.61 Å². The third kappa shape index (κ3) is 2.56. The van der Waals surface area contributed by atoms with E-state index in [0.29, 0.717) is 0 Å². The summed E-state index contributed by atoms with van der Waals surface area (Å²) in [6.45, 7) is 2.30. The van der Waals surface area contributed by atoms with Gasteiger partial charge >= 0.3 is 0 Å². The van der Waals surface area contributed by atoms with E-state index in [1.807, 2.05) is 0 Å². The molecule has 0 bridgehead atoms. The largest absolute Gasteiger partial charge is 0.396 e. The van der Waals surface area contributed by atoms with Gasteiger partial charge in [-0.25, -0.2) is 0 Å². The maximum Gasteiger partial charge on any atom is 0.0437 e. The quantitative estimate of drug-likeness (QED) is 0.901. The average molecular weight is 298 g/mol. The molecule has 1 aliphatic rings. The molecule has 0 aliphatic heterocycles. The Hall–Kier alpha value is -0.380. The van der Waals surface area contributed by atoms with Gasteiger partial charge in [0.05, 0.1) is 0 Å². The molecule has 0 aromatic heterocycles. The highest BCUT2D eigenvalue weighted by molar-refractivity contribution is 9.10. The molecule has 0 saturated heterocycles. The van der Waals surface area contributed by atoms with E-state index in [4.69, 9.17) is 5.73 Å². The standard InChI is InChI=1S/C14H20BrNO/c1-10(16)14(6-7-17)5-4-11-8-13(15)3-2-12(11)9-14/h2-3,8,10,17H,4-7,9,16H2,1H3. The summed E-state index contributed by atoms with van der Waals surface area (Å²) in [6, 6.07) is 6.62. The van der Waals surface area contributed by atoms with Gasteiger partial charge in [0.1, 0.15) is 0 Å². The van der Waals surface area contributed by atoms with Crippen LogP contribution in [0.4, 0.5) is 0 Å². The second-order valence-electron chi connectivity index (χ2n) is 5.21. The molecule has 1 aromatic carbocycles. The van der Waals surface area contributed by atoms with Crippen LogP contribution in [0.15, 0.2) is 22.7 Å². The van der Waals surface area contributed by atoms with Gasteiger partial charge in [-0.3, -0.25) is 0 Å². The van der Waals surface area contributed by atoms with E-state index >= 15 is 0 Å². The van der Waals surface area contributed by atoms with E-state index in [0.717, 1.165) is 30.2 Å². The number of aryl methyl sites for hydroxylation is 1. The topological polar surface area (TPSA) is 46.2 Å². The molecule has 0 amide bonds. The van der Waals surface area contributed by atoms with E-state index in [2.05, 4.69) is 41.1 Å². The number of rotatable bonds is 3. The van der Waals surface area contributed by atoms with Crippen molar-refractivity contribution in [1.29, 1.82) is 0 Å². The van der Waals surface area contributed by atoms with Crippen molar-refractivity contribution in [2.45, 2.75) is 38.6 Å². The molecule has 0 saturated carbocycles. The van der Waals surface area contributed by atoms with Crippen LogP contribution in [0.25, 0.3) is 0 Å². The van der Waals surface area contributed by atoms with Crippen LogP contribution < -0.4 is 5.73 Å². The predicted octanol–water partition coefficient (Wildman–Crippen LogP) is 2.65. The van der Waals surface area contributed by atoms with Crippen LogP contribution in [0.1, 0.15) is 30.9 Å². The Morgan fingerprint density at radius 3 is 2.88 bits per heavy atom. The Kier molecular flexibility index (Phi) is 3.91. The Labute approximate surface area is 111 Å². The first-order chi connectivity index (χ1) is 8.07. The van der Waals surface area contributed by atoms with E-state index in [1.54, 1.807) is 0 Å². The molecule has 17 heavy (non-hydrogen) atoms. The van der Waals surface area contributed by atoms with Gasteiger partial charge in [0, 0.05) is 17.1 Å². The fourth-order valence-electron chi connectivity index (χ4n) is 2.90. The van der Waals surface area contributed by atoms with Crippen molar-refractivity contribution in [3.05, 3.63) is 33.8 Å². The molecule has 0 spiro atoms. The summed E-state index contributed by atoms with van der Waals surface area (Å²) in [5.41, 5.74) is 9.05. The first-order valence-electron chi connectivity index (χ1n) is 6.21. The predicted molar refractivity (Wildman–Crippen MR) is 74.0 cm³/mol. The number of aliphatic hydroxyl groups excluding tert-OH is 1. The van der Waals surface area contributed by atoms with Crippen molar-refractivity contribution in [3.8, 4) is 0 Å². The van der Waals surface area contributed by atoms with Crippen molar-refractivity contribution in [3.63, 3.8) is 0 Å². The SMILES string of the molecule is CC(N)C1(CCO)CCc2cc(Br)ccc2C1. The number of nitrogens with two attached hydrogens (primary N) is 1. The van der Waals surface area contributed by atoms with Crippen LogP contribution in [0.3, 0.4) is 0 Å². The second-order valence-corrected chi connectivity index (χ2v) is 6.13. The fraction of sp³-hybridized carbons (Fsp3) is 0.571. The Balaban J connectivity index is 2.29. The van der Waals surface area contributed by atoms with Crippen LogP contribution in [0.2, 0.25) is 0 Å². The minimum absolute atomic E-state index is 0.0789. The Bertz CT molecular complexity index is 405. The van der Waals surface area contributed by atoms with Gasteiger partial charge in [-0.1, -0.05) is 22.0 Å². The summed E-state index contributed by atoms with van der Waals surface area (Å²) in [5.74, 6) is 0. The highest BCUT2D eigenvalue weighted by Gasteiger charge is 2.37. The van der Waals surface area contributed by atoms with Crippen LogP contribution in [0, 0.1) is 5.41 Å². The van der Waals surface area contributed by atoms with Gasteiger partial charge in [-0.2, -0.15) is 0 Å². The van der Waals surface area contributed by atoms with Crippen molar-refractivity contribution >= 4 is 15.9 Å². The molecule has 3 heteroatoms. The van der Waals surface area contributed by atoms with Gasteiger partial charge in [0.2, 0.25) is 0 Å². The first kappa shape index (κ1) is 13.1. The summed E-state index contributed by atoms with van der Waals surface area (Å²) in [7, 11) is 0. The van der Waals surface area contributed by atoms with Gasteiger partial charge in [-0.05, 0) is 61.3 Å². The maximum atomic E-state index is 9.26. The zero-order valence-corrected chi connectivity index (χ0v) is 11.8. The lowest BCUT2D eigenvalue weighted by Gasteiger charge is -2.41. The molecule has 2 unspecified atom stereocenters. The molecule has 1 aliphatic carbocycles. The molecule has 0 radical (unpaired) electrons. The first-order valence-corrected chi connectivity index (χ1v) is 7.00. The van der Waals surface area contributed by atoms with Crippen molar-refractivity contribution < 1.29 is 5.11 Å². The van der Waals surface area contributed by atoms with Crippen LogP contribution >= 0.6 is 15.9 Å². The smallest absolute Gasteiger partial charge is 0.0437 e. The molecule has 94 valence electrons. The van der Waals surface area contributed by atoms with E-state index < -0.39 is 0 Å². The summed E-state index contributed by atoms with van der Waals surface area (Å²) < 4.78 is 1.15. The zero-order valence-electron chi connectivity index (χ0n) is 10.2. The van der Waals surface area contributed by atoms with E-state index in [1.165, 1.54) is 11.1 Å². The Morgan fingerprint density at radius 1 is 1.47 bits per heavy atom. The molecule has 1 aromatic rings. The monoisotopic (exact) mass is 297 g/mol. The zero-order chi connectivity index (χ0) is 12.5. The number of hydrogen-bond donors (Lipinski definition) is 2. The highest BCUT2D eigenvalue weighted by atomic mass is 79.9. The summed E-state index contributed by atoms with van der Waals surface area (Å²) in [5, 5.41) is 9.26. The average Bonchev–Trinajstić information content (AvgIpc) is 2.29. The number of aliphatic hydroxyl groups is 1. The maximum absolute atomic E-state index is 9.26. The molecule has 2 nitrogen and oxygen atoms in total. The number of halogens is 1. The van der Waals surface area contributed by atoms with Crippen LogP contribution in [-0.2, 0) is 12.8 Å². The van der Waals surface area contributed by atoms with Gasteiger partial charge in [0.25, 0.3) is 0 Å². The molecule has 0 fully saturated rings. The number of benzene rings is 1. The van der Waals surface area contributed by atoms with Gasteiger partial charge in [-0.15, -0.1) is 0 Å². The minimum Gasteiger partial charge on any atom is -0.396 e. The second kappa shape index (κ2) is 5.09. The molecule has 3 N–H and O–H groups in total. The summed E-state index contributed by atoms with van der Waals surface area (Å²) in [6.07, 6.45) is 3.94. The summed E-state index contributed by atoms with van der Waals surface area (Å²) >= 11 is 3.51. The van der Waals surface area contributed by atoms with E-state index in [-0.39, 0.29) is 18.1 Å². The molecule has 2 atom stereocenters. The van der Waals surface area contributed by atoms with Crippen molar-refractivity contribution in [2.24, 2.45) is 11.1 Å². The van der Waals surface area contributed by atoms with Crippen LogP contribution in [0.5, 0.6) is 0 Å². The minimum atomic E-state index is 0.0789. The molecular formula is C14H20BrNO. The lowest BCUT2D eigenvalue weighted by Crippen LogP contribution is -2.44. The Morgan fingerprint density at radius 2 is 2.24 bits per heavy atom. The molecule has 0 heterocycles.